The fourth-order valence-electron chi connectivity index (χ4n) is 3.31. The number of aromatic nitrogens is 3. The van der Waals surface area contributed by atoms with Crippen molar-refractivity contribution in [2.75, 3.05) is 11.9 Å². The van der Waals surface area contributed by atoms with Gasteiger partial charge in [-0.2, -0.15) is 18.3 Å². The van der Waals surface area contributed by atoms with Crippen molar-refractivity contribution in [3.8, 4) is 0 Å². The highest BCUT2D eigenvalue weighted by Crippen LogP contribution is 2.41. The Bertz CT molecular complexity index is 1440. The Balaban J connectivity index is 1.77. The summed E-state index contributed by atoms with van der Waals surface area (Å²) in [4.78, 5) is 40.1. The van der Waals surface area contributed by atoms with Crippen LogP contribution in [0.15, 0.2) is 48.8 Å². The largest absolute Gasteiger partial charge is 0.418 e. The fourth-order valence-corrected chi connectivity index (χ4v) is 4.31. The lowest BCUT2D eigenvalue weighted by Gasteiger charge is -2.26. The summed E-state index contributed by atoms with van der Waals surface area (Å²) in [6, 6.07) is 0.930. The van der Waals surface area contributed by atoms with Gasteiger partial charge in [-0.05, 0) is 26.0 Å². The third kappa shape index (κ3) is 6.33. The maximum absolute atomic E-state index is 13.6. The summed E-state index contributed by atoms with van der Waals surface area (Å²) >= 11 is 0.888. The molecule has 0 aliphatic heterocycles. The molecule has 3 aromatic rings. The normalized spacial score (nSPS) is 12.4. The zero-order valence-electron chi connectivity index (χ0n) is 19.9. The van der Waals surface area contributed by atoms with Crippen molar-refractivity contribution in [3.63, 3.8) is 0 Å². The first-order chi connectivity index (χ1) is 17.2. The molecule has 0 unspecified atom stereocenters. The van der Waals surface area contributed by atoms with Gasteiger partial charge in [-0.3, -0.25) is 24.8 Å². The van der Waals surface area contributed by atoms with Crippen LogP contribution in [0.25, 0.3) is 21.1 Å². The number of allylic oxidation sites excluding steroid dienone is 1. The molecule has 0 bridgehead atoms. The molecule has 37 heavy (non-hydrogen) atoms. The number of nitrogens with one attached hydrogen (secondary N) is 4. The lowest BCUT2D eigenvalue weighted by atomic mass is 10.0. The van der Waals surface area contributed by atoms with Gasteiger partial charge in [0.2, 0.25) is 5.91 Å². The maximum atomic E-state index is 13.6. The Morgan fingerprint density at radius 3 is 2.59 bits per heavy atom. The van der Waals surface area contributed by atoms with Crippen LogP contribution in [-0.4, -0.2) is 45.0 Å². The molecule has 0 spiro atoms. The summed E-state index contributed by atoms with van der Waals surface area (Å²) in [6.07, 6.45) is -0.678. The number of amides is 3. The number of halogens is 3. The van der Waals surface area contributed by atoms with E-state index in [1.165, 1.54) is 32.2 Å². The quantitative estimate of drug-likeness (QED) is 0.199. The Hall–Kier alpha value is -4.20. The van der Waals surface area contributed by atoms with Crippen LogP contribution < -0.4 is 21.7 Å². The molecule has 2 heterocycles. The van der Waals surface area contributed by atoms with E-state index in [9.17, 15) is 27.6 Å². The van der Waals surface area contributed by atoms with Crippen LogP contribution >= 0.6 is 11.3 Å². The molecule has 6 N–H and O–H groups in total. The zero-order chi connectivity index (χ0) is 27.5. The van der Waals surface area contributed by atoms with E-state index in [2.05, 4.69) is 44.3 Å². The van der Waals surface area contributed by atoms with E-state index in [-0.39, 0.29) is 45.1 Å². The smallest absolute Gasteiger partial charge is 0.372 e. The molecule has 0 atom stereocenters. The van der Waals surface area contributed by atoms with Gasteiger partial charge in [0.15, 0.2) is 5.13 Å². The Morgan fingerprint density at radius 1 is 1.27 bits per heavy atom. The summed E-state index contributed by atoms with van der Waals surface area (Å²) in [5, 5.41) is 14.7. The van der Waals surface area contributed by atoms with E-state index < -0.39 is 35.0 Å². The second-order valence-corrected chi connectivity index (χ2v) is 9.45. The lowest BCUT2D eigenvalue weighted by Crippen LogP contribution is -2.49. The topological polar surface area (TPSA) is 155 Å². The predicted octanol–water partition coefficient (Wildman–Crippen LogP) is 3.12. The SMILES string of the molecule is C=C/C(=C\C(=C)NC(C)(C)C(=O)Nc1nc2c(C(F)(F)F)cc3[nH]ncc3c2s1)C(=O)NCCC(N)=O. The summed E-state index contributed by atoms with van der Waals surface area (Å²) in [5.41, 5.74) is 3.00. The standard InChI is InChI=1S/C23H24F3N7O3S/c1-5-12(19(35)28-7-6-16(27)34)8-11(2)32-22(3,4)20(36)31-21-30-17-14(23(24,25)26)9-15-13(10-29-33-15)18(17)37-21/h5,8-10,32H,1-2,6-7H2,3-4H3,(H2,27,34)(H,28,35)(H,29,33)(H,30,31,36)/b12-8+. The van der Waals surface area contributed by atoms with Gasteiger partial charge >= 0.3 is 6.18 Å². The van der Waals surface area contributed by atoms with Crippen molar-refractivity contribution in [2.24, 2.45) is 5.73 Å². The molecule has 0 aliphatic carbocycles. The van der Waals surface area contributed by atoms with Crippen LogP contribution in [0.1, 0.15) is 25.8 Å². The number of H-pyrrole nitrogens is 1. The number of anilines is 1. The number of benzene rings is 1. The molecule has 1 aromatic carbocycles. The van der Waals surface area contributed by atoms with Crippen LogP contribution in [0.4, 0.5) is 18.3 Å². The average Bonchev–Trinajstić information content (AvgIpc) is 3.41. The van der Waals surface area contributed by atoms with Crippen LogP contribution in [0.2, 0.25) is 0 Å². The van der Waals surface area contributed by atoms with Gasteiger partial charge in [-0.1, -0.05) is 30.6 Å². The average molecular weight is 536 g/mol. The zero-order valence-corrected chi connectivity index (χ0v) is 20.7. The van der Waals surface area contributed by atoms with Crippen LogP contribution in [0.5, 0.6) is 0 Å². The number of carbonyl (C=O) groups is 3. The number of fused-ring (bicyclic) bond motifs is 3. The van der Waals surface area contributed by atoms with Crippen molar-refractivity contribution in [2.45, 2.75) is 32.0 Å². The summed E-state index contributed by atoms with van der Waals surface area (Å²) in [7, 11) is 0. The number of carbonyl (C=O) groups excluding carboxylic acids is 3. The van der Waals surface area contributed by atoms with Crippen molar-refractivity contribution < 1.29 is 27.6 Å². The molecule has 3 amide bonds. The van der Waals surface area contributed by atoms with Gasteiger partial charge in [0.25, 0.3) is 11.8 Å². The molecule has 0 saturated carbocycles. The highest BCUT2D eigenvalue weighted by Gasteiger charge is 2.36. The number of nitrogens with two attached hydrogens (primary N) is 1. The molecule has 196 valence electrons. The van der Waals surface area contributed by atoms with E-state index in [1.54, 1.807) is 0 Å². The molecular formula is C23H24F3N7O3S. The van der Waals surface area contributed by atoms with E-state index >= 15 is 0 Å². The molecule has 10 nitrogen and oxygen atoms in total. The Kier molecular flexibility index (Phi) is 7.71. The molecule has 0 fully saturated rings. The fraction of sp³-hybridized carbons (Fsp3) is 0.261. The number of thiazole rings is 1. The van der Waals surface area contributed by atoms with Gasteiger partial charge in [0.1, 0.15) is 5.54 Å². The minimum absolute atomic E-state index is 0.0316. The van der Waals surface area contributed by atoms with Crippen molar-refractivity contribution in [1.29, 1.82) is 0 Å². The van der Waals surface area contributed by atoms with Crippen LogP contribution in [-0.2, 0) is 20.6 Å². The first-order valence-electron chi connectivity index (χ1n) is 10.8. The third-order valence-electron chi connectivity index (χ3n) is 5.12. The summed E-state index contributed by atoms with van der Waals surface area (Å²) < 4.78 is 41.1. The number of alkyl halides is 3. The number of primary amides is 1. The molecule has 0 aliphatic rings. The minimum atomic E-state index is -4.66. The highest BCUT2D eigenvalue weighted by molar-refractivity contribution is 7.23. The number of hydrogen-bond donors (Lipinski definition) is 5. The third-order valence-corrected chi connectivity index (χ3v) is 6.12. The molecule has 0 radical (unpaired) electrons. The predicted molar refractivity (Wildman–Crippen MR) is 134 cm³/mol. The van der Waals surface area contributed by atoms with E-state index in [0.717, 1.165) is 17.4 Å². The first kappa shape index (κ1) is 27.4. The van der Waals surface area contributed by atoms with Gasteiger partial charge in [0, 0.05) is 29.6 Å². The van der Waals surface area contributed by atoms with Gasteiger partial charge < -0.3 is 16.4 Å². The Labute approximate surface area is 212 Å². The number of hydrogen-bond acceptors (Lipinski definition) is 7. The second kappa shape index (κ2) is 10.4. The van der Waals surface area contributed by atoms with Crippen LogP contribution in [0, 0.1) is 0 Å². The number of nitrogens with zero attached hydrogens (tertiary/aromatic N) is 2. The Morgan fingerprint density at radius 2 is 1.97 bits per heavy atom. The molecule has 3 rings (SSSR count). The molecular weight excluding hydrogens is 511 g/mol. The maximum Gasteiger partial charge on any atom is 0.418 e. The van der Waals surface area contributed by atoms with Gasteiger partial charge in [0.05, 0.1) is 27.5 Å². The number of rotatable bonds is 10. The van der Waals surface area contributed by atoms with Crippen molar-refractivity contribution >= 4 is 55.3 Å². The van der Waals surface area contributed by atoms with Gasteiger partial charge in [-0.15, -0.1) is 0 Å². The molecule has 0 saturated heterocycles. The summed E-state index contributed by atoms with van der Waals surface area (Å²) in [5.74, 6) is -1.70. The lowest BCUT2D eigenvalue weighted by molar-refractivity contribution is -0.136. The second-order valence-electron chi connectivity index (χ2n) is 8.46. The van der Waals surface area contributed by atoms with Crippen molar-refractivity contribution in [3.05, 3.63) is 54.4 Å². The van der Waals surface area contributed by atoms with Crippen molar-refractivity contribution in [1.82, 2.24) is 25.8 Å². The van der Waals surface area contributed by atoms with E-state index in [1.807, 2.05) is 0 Å². The highest BCUT2D eigenvalue weighted by atomic mass is 32.1. The van der Waals surface area contributed by atoms with Gasteiger partial charge in [-0.25, -0.2) is 4.98 Å². The van der Waals surface area contributed by atoms with E-state index in [4.69, 9.17) is 5.73 Å². The minimum Gasteiger partial charge on any atom is -0.372 e. The molecule has 2 aromatic heterocycles. The number of aromatic amines is 1. The summed E-state index contributed by atoms with van der Waals surface area (Å²) in [6.45, 7) is 10.4. The first-order valence-corrected chi connectivity index (χ1v) is 11.6. The monoisotopic (exact) mass is 535 g/mol. The van der Waals surface area contributed by atoms with Crippen LogP contribution in [0.3, 0.4) is 0 Å². The van der Waals surface area contributed by atoms with E-state index in [0.29, 0.717) is 5.39 Å². The molecule has 14 heteroatoms.